The highest BCUT2D eigenvalue weighted by atomic mass is 16.5. The van der Waals surface area contributed by atoms with Gasteiger partial charge in [-0.3, -0.25) is 9.69 Å². The molecule has 1 heterocycles. The molecule has 1 aliphatic carbocycles. The molecule has 26 heavy (non-hydrogen) atoms. The molecule has 1 N–H and O–H groups in total. The Hall–Kier alpha value is -1.59. The number of methoxy groups -OCH3 is 1. The first-order chi connectivity index (χ1) is 12.7. The standard InChI is InChI=1S/C21H33N3O2/c1-17(18-5-3-4-6-18)21(25)22-19-7-9-20(10-8-19)24-13-11-23(12-14-24)15-16-26-2/h7-10,17-18H,3-6,11-16H2,1-2H3,(H,22,25). The first-order valence-electron chi connectivity index (χ1n) is 10.0. The Morgan fingerprint density at radius 3 is 2.42 bits per heavy atom. The molecular weight excluding hydrogens is 326 g/mol. The van der Waals surface area contributed by atoms with E-state index in [-0.39, 0.29) is 11.8 Å². The Kier molecular flexibility index (Phi) is 6.92. The van der Waals surface area contributed by atoms with E-state index in [9.17, 15) is 4.79 Å². The van der Waals surface area contributed by atoms with Crippen molar-refractivity contribution in [2.24, 2.45) is 11.8 Å². The van der Waals surface area contributed by atoms with Gasteiger partial charge in [-0.2, -0.15) is 0 Å². The van der Waals surface area contributed by atoms with Crippen LogP contribution in [0.15, 0.2) is 24.3 Å². The normalized spacial score (nSPS) is 20.3. The van der Waals surface area contributed by atoms with E-state index in [1.54, 1.807) is 7.11 Å². The summed E-state index contributed by atoms with van der Waals surface area (Å²) in [4.78, 5) is 17.3. The van der Waals surface area contributed by atoms with Crippen molar-refractivity contribution in [2.45, 2.75) is 32.6 Å². The zero-order valence-corrected chi connectivity index (χ0v) is 16.2. The van der Waals surface area contributed by atoms with Crippen LogP contribution in [-0.4, -0.2) is 57.2 Å². The van der Waals surface area contributed by atoms with E-state index in [1.807, 2.05) is 12.1 Å². The second-order valence-electron chi connectivity index (χ2n) is 7.69. The number of ether oxygens (including phenoxy) is 1. The van der Waals surface area contributed by atoms with Crippen molar-refractivity contribution in [3.63, 3.8) is 0 Å². The van der Waals surface area contributed by atoms with E-state index in [1.165, 1.54) is 31.4 Å². The summed E-state index contributed by atoms with van der Waals surface area (Å²) in [7, 11) is 1.76. The van der Waals surface area contributed by atoms with E-state index < -0.39 is 0 Å². The number of carbonyl (C=O) groups is 1. The van der Waals surface area contributed by atoms with Crippen molar-refractivity contribution < 1.29 is 9.53 Å². The van der Waals surface area contributed by atoms with Crippen molar-refractivity contribution in [3.05, 3.63) is 24.3 Å². The fourth-order valence-corrected chi connectivity index (χ4v) is 4.13. The van der Waals surface area contributed by atoms with E-state index in [0.717, 1.165) is 45.0 Å². The van der Waals surface area contributed by atoms with Gasteiger partial charge in [-0.1, -0.05) is 19.8 Å². The van der Waals surface area contributed by atoms with Crippen LogP contribution in [0.25, 0.3) is 0 Å². The fraction of sp³-hybridized carbons (Fsp3) is 0.667. The summed E-state index contributed by atoms with van der Waals surface area (Å²) < 4.78 is 5.16. The Bertz CT molecular complexity index is 561. The summed E-state index contributed by atoms with van der Waals surface area (Å²) >= 11 is 0. The zero-order valence-electron chi connectivity index (χ0n) is 16.2. The molecule has 1 aliphatic heterocycles. The third-order valence-corrected chi connectivity index (χ3v) is 6.00. The number of nitrogens with one attached hydrogen (secondary N) is 1. The average molecular weight is 360 g/mol. The van der Waals surface area contributed by atoms with Crippen LogP contribution in [-0.2, 0) is 9.53 Å². The molecule has 1 aromatic rings. The number of amides is 1. The SMILES string of the molecule is COCCN1CCN(c2ccc(NC(=O)C(C)C3CCCC3)cc2)CC1. The molecule has 1 unspecified atom stereocenters. The second-order valence-corrected chi connectivity index (χ2v) is 7.69. The maximum atomic E-state index is 12.5. The Morgan fingerprint density at radius 1 is 1.15 bits per heavy atom. The van der Waals surface area contributed by atoms with Gasteiger partial charge >= 0.3 is 0 Å². The molecule has 0 aromatic heterocycles. The largest absolute Gasteiger partial charge is 0.383 e. The van der Waals surface area contributed by atoms with Gasteiger partial charge in [0.05, 0.1) is 6.61 Å². The third-order valence-electron chi connectivity index (χ3n) is 6.00. The highest BCUT2D eigenvalue weighted by Gasteiger charge is 2.26. The van der Waals surface area contributed by atoms with Gasteiger partial charge in [-0.15, -0.1) is 0 Å². The van der Waals surface area contributed by atoms with E-state index in [2.05, 4.69) is 34.2 Å². The van der Waals surface area contributed by atoms with Crippen LogP contribution < -0.4 is 10.2 Å². The van der Waals surface area contributed by atoms with Crippen LogP contribution in [0.3, 0.4) is 0 Å². The summed E-state index contributed by atoms with van der Waals surface area (Å²) in [6.07, 6.45) is 4.94. The maximum Gasteiger partial charge on any atom is 0.227 e. The molecule has 2 fully saturated rings. The molecule has 1 atom stereocenters. The van der Waals surface area contributed by atoms with Crippen LogP contribution in [0.2, 0.25) is 0 Å². The lowest BCUT2D eigenvalue weighted by atomic mass is 9.92. The smallest absolute Gasteiger partial charge is 0.227 e. The van der Waals surface area contributed by atoms with Crippen molar-refractivity contribution >= 4 is 17.3 Å². The van der Waals surface area contributed by atoms with Crippen molar-refractivity contribution in [1.82, 2.24) is 4.90 Å². The van der Waals surface area contributed by atoms with Crippen LogP contribution in [0, 0.1) is 11.8 Å². The number of anilines is 2. The summed E-state index contributed by atoms with van der Waals surface area (Å²) in [5, 5.41) is 3.10. The third kappa shape index (κ3) is 4.98. The highest BCUT2D eigenvalue weighted by molar-refractivity contribution is 5.92. The molecule has 5 heteroatoms. The fourth-order valence-electron chi connectivity index (χ4n) is 4.13. The number of carbonyl (C=O) groups excluding carboxylic acids is 1. The predicted molar refractivity (Wildman–Crippen MR) is 107 cm³/mol. The van der Waals surface area contributed by atoms with Gasteiger partial charge in [0.2, 0.25) is 5.91 Å². The van der Waals surface area contributed by atoms with Crippen molar-refractivity contribution in [1.29, 1.82) is 0 Å². The predicted octanol–water partition coefficient (Wildman–Crippen LogP) is 3.22. The summed E-state index contributed by atoms with van der Waals surface area (Å²) in [6.45, 7) is 8.09. The first kappa shape index (κ1) is 19.2. The molecule has 1 saturated carbocycles. The molecule has 3 rings (SSSR count). The lowest BCUT2D eigenvalue weighted by Crippen LogP contribution is -2.47. The minimum absolute atomic E-state index is 0.109. The minimum Gasteiger partial charge on any atom is -0.383 e. The Morgan fingerprint density at radius 2 is 1.81 bits per heavy atom. The Balaban J connectivity index is 1.48. The summed E-state index contributed by atoms with van der Waals surface area (Å²) in [5.41, 5.74) is 2.14. The molecule has 0 spiro atoms. The minimum atomic E-state index is 0.109. The molecule has 144 valence electrons. The van der Waals surface area contributed by atoms with Crippen LogP contribution in [0.5, 0.6) is 0 Å². The summed E-state index contributed by atoms with van der Waals surface area (Å²) in [6, 6.07) is 8.32. The van der Waals surface area contributed by atoms with Gasteiger partial charge in [-0.05, 0) is 43.0 Å². The van der Waals surface area contributed by atoms with E-state index in [4.69, 9.17) is 4.74 Å². The molecule has 2 aliphatic rings. The van der Waals surface area contributed by atoms with Crippen LogP contribution in [0.4, 0.5) is 11.4 Å². The van der Waals surface area contributed by atoms with E-state index >= 15 is 0 Å². The van der Waals surface area contributed by atoms with Gasteiger partial charge in [0.15, 0.2) is 0 Å². The van der Waals surface area contributed by atoms with Crippen LogP contribution >= 0.6 is 0 Å². The maximum absolute atomic E-state index is 12.5. The molecule has 1 amide bonds. The quantitative estimate of drug-likeness (QED) is 0.812. The Labute approximate surface area is 157 Å². The number of piperazine rings is 1. The number of benzene rings is 1. The van der Waals surface area contributed by atoms with Crippen molar-refractivity contribution in [3.8, 4) is 0 Å². The first-order valence-corrected chi connectivity index (χ1v) is 10.0. The molecule has 5 nitrogen and oxygen atoms in total. The van der Waals surface area contributed by atoms with Gasteiger partial charge in [0, 0.05) is 57.1 Å². The highest BCUT2D eigenvalue weighted by Crippen LogP contribution is 2.32. The monoisotopic (exact) mass is 359 g/mol. The molecule has 1 aromatic carbocycles. The number of hydrogen-bond donors (Lipinski definition) is 1. The second kappa shape index (κ2) is 9.38. The van der Waals surface area contributed by atoms with Gasteiger partial charge in [-0.25, -0.2) is 0 Å². The van der Waals surface area contributed by atoms with Gasteiger partial charge in [0.25, 0.3) is 0 Å². The molecule has 1 saturated heterocycles. The topological polar surface area (TPSA) is 44.8 Å². The number of nitrogens with zero attached hydrogens (tertiary/aromatic N) is 2. The van der Waals surface area contributed by atoms with Crippen LogP contribution in [0.1, 0.15) is 32.6 Å². The number of hydrogen-bond acceptors (Lipinski definition) is 4. The van der Waals surface area contributed by atoms with E-state index in [0.29, 0.717) is 5.92 Å². The average Bonchev–Trinajstić information content (AvgIpc) is 3.21. The van der Waals surface area contributed by atoms with Gasteiger partial charge in [0.1, 0.15) is 0 Å². The lowest BCUT2D eigenvalue weighted by Gasteiger charge is -2.36. The van der Waals surface area contributed by atoms with Gasteiger partial charge < -0.3 is 15.0 Å². The zero-order chi connectivity index (χ0) is 18.4. The lowest BCUT2D eigenvalue weighted by molar-refractivity contribution is -0.120. The summed E-state index contributed by atoms with van der Waals surface area (Å²) in [5.74, 6) is 0.831. The molecule has 0 bridgehead atoms. The molecule has 0 radical (unpaired) electrons. The molecular formula is C21H33N3O2. The van der Waals surface area contributed by atoms with Crippen molar-refractivity contribution in [2.75, 3.05) is 56.7 Å². The number of rotatable bonds is 7.